The molecule has 2 rings (SSSR count). The lowest BCUT2D eigenvalue weighted by Crippen LogP contribution is -2.46. The molecule has 0 aromatic heterocycles. The molecule has 118 valence electrons. The van der Waals surface area contributed by atoms with E-state index < -0.39 is 0 Å². The first-order valence-electron chi connectivity index (χ1n) is 8.98. The van der Waals surface area contributed by atoms with E-state index in [2.05, 4.69) is 37.9 Å². The van der Waals surface area contributed by atoms with E-state index in [0.29, 0.717) is 5.41 Å². The molecule has 2 fully saturated rings. The van der Waals surface area contributed by atoms with E-state index in [4.69, 9.17) is 0 Å². The maximum atomic E-state index is 3.77. The molecule has 1 atom stereocenters. The molecule has 2 aliphatic rings. The first-order chi connectivity index (χ1) is 9.52. The maximum absolute atomic E-state index is 3.77. The maximum Gasteiger partial charge on any atom is 0.00684 e. The van der Waals surface area contributed by atoms with Crippen molar-refractivity contribution < 1.29 is 0 Å². The Bertz CT molecular complexity index is 277. The molecule has 1 unspecified atom stereocenters. The van der Waals surface area contributed by atoms with Crippen LogP contribution in [0.5, 0.6) is 0 Å². The Morgan fingerprint density at radius 2 is 1.80 bits per heavy atom. The third kappa shape index (κ3) is 5.04. The highest BCUT2D eigenvalue weighted by atomic mass is 15.1. The quantitative estimate of drug-likeness (QED) is 0.725. The highest BCUT2D eigenvalue weighted by molar-refractivity contribution is 4.88. The van der Waals surface area contributed by atoms with Crippen molar-refractivity contribution in [2.24, 2.45) is 17.3 Å². The predicted molar refractivity (Wildman–Crippen MR) is 88.0 cm³/mol. The van der Waals surface area contributed by atoms with Gasteiger partial charge in [0.2, 0.25) is 0 Å². The summed E-state index contributed by atoms with van der Waals surface area (Å²) in [6, 6.07) is 0.845. The second kappa shape index (κ2) is 7.26. The van der Waals surface area contributed by atoms with Gasteiger partial charge in [-0.05, 0) is 62.4 Å². The van der Waals surface area contributed by atoms with Crippen molar-refractivity contribution in [2.45, 2.75) is 72.3 Å². The van der Waals surface area contributed by atoms with Crippen molar-refractivity contribution >= 4 is 0 Å². The monoisotopic (exact) mass is 280 g/mol. The third-order valence-electron chi connectivity index (χ3n) is 5.43. The van der Waals surface area contributed by atoms with Crippen LogP contribution in [0.4, 0.5) is 0 Å². The summed E-state index contributed by atoms with van der Waals surface area (Å²) in [5.74, 6) is 1.84. The fourth-order valence-corrected chi connectivity index (χ4v) is 3.82. The van der Waals surface area contributed by atoms with Gasteiger partial charge in [-0.3, -0.25) is 0 Å². The second-order valence-corrected chi connectivity index (χ2v) is 8.07. The summed E-state index contributed by atoms with van der Waals surface area (Å²) in [4.78, 5) is 2.74. The Hall–Kier alpha value is -0.0800. The van der Waals surface area contributed by atoms with Gasteiger partial charge in [0.15, 0.2) is 0 Å². The van der Waals surface area contributed by atoms with Gasteiger partial charge in [-0.15, -0.1) is 0 Å². The zero-order valence-corrected chi connectivity index (χ0v) is 14.3. The number of rotatable bonds is 8. The summed E-state index contributed by atoms with van der Waals surface area (Å²) in [7, 11) is 0. The molecule has 1 aliphatic heterocycles. The molecule has 0 aromatic rings. The van der Waals surface area contributed by atoms with Gasteiger partial charge in [0.1, 0.15) is 0 Å². The van der Waals surface area contributed by atoms with Crippen molar-refractivity contribution in [3.63, 3.8) is 0 Å². The van der Waals surface area contributed by atoms with E-state index in [1.807, 2.05) is 0 Å². The Labute approximate surface area is 126 Å². The normalized spacial score (nSPS) is 25.1. The number of nitrogens with zero attached hydrogens (tertiary/aromatic N) is 1. The zero-order valence-electron chi connectivity index (χ0n) is 14.3. The molecule has 0 amide bonds. The molecule has 0 bridgehead atoms. The van der Waals surface area contributed by atoms with Crippen LogP contribution in [0, 0.1) is 17.3 Å². The van der Waals surface area contributed by atoms with Gasteiger partial charge >= 0.3 is 0 Å². The second-order valence-electron chi connectivity index (χ2n) is 8.07. The summed E-state index contributed by atoms with van der Waals surface area (Å²) in [6.07, 6.45) is 8.30. The first-order valence-corrected chi connectivity index (χ1v) is 8.98. The van der Waals surface area contributed by atoms with Crippen molar-refractivity contribution in [3.05, 3.63) is 0 Å². The van der Waals surface area contributed by atoms with Gasteiger partial charge in [-0.1, -0.05) is 34.1 Å². The molecular formula is C18H36N2. The minimum atomic E-state index is 0.474. The smallest absolute Gasteiger partial charge is 0.00684 e. The fraction of sp³-hybridized carbons (Fsp3) is 1.00. The molecule has 2 nitrogen and oxygen atoms in total. The first kappa shape index (κ1) is 16.3. The van der Waals surface area contributed by atoms with Crippen LogP contribution in [0.1, 0.15) is 66.2 Å². The van der Waals surface area contributed by atoms with E-state index in [1.54, 1.807) is 0 Å². The average Bonchev–Trinajstić information content (AvgIpc) is 3.21. The van der Waals surface area contributed by atoms with Crippen LogP contribution in [-0.2, 0) is 0 Å². The molecule has 1 aliphatic carbocycles. The van der Waals surface area contributed by atoms with Crippen molar-refractivity contribution in [1.82, 2.24) is 10.2 Å². The van der Waals surface area contributed by atoms with Crippen LogP contribution in [0.3, 0.4) is 0 Å². The molecule has 1 saturated carbocycles. The number of likely N-dealkylation sites (tertiary alicyclic amines) is 1. The highest BCUT2D eigenvalue weighted by Crippen LogP contribution is 2.30. The SMILES string of the molecule is CCCC(C)(CNC1CC1)CN1CCC(C(C)C)CC1. The Morgan fingerprint density at radius 3 is 2.30 bits per heavy atom. The molecule has 20 heavy (non-hydrogen) atoms. The van der Waals surface area contributed by atoms with Crippen LogP contribution >= 0.6 is 0 Å². The minimum absolute atomic E-state index is 0.474. The summed E-state index contributed by atoms with van der Waals surface area (Å²) < 4.78 is 0. The predicted octanol–water partition coefficient (Wildman–Crippen LogP) is 3.91. The summed E-state index contributed by atoms with van der Waals surface area (Å²) in [5.41, 5.74) is 0.474. The number of hydrogen-bond donors (Lipinski definition) is 1. The molecule has 0 radical (unpaired) electrons. The van der Waals surface area contributed by atoms with E-state index in [-0.39, 0.29) is 0 Å². The number of hydrogen-bond acceptors (Lipinski definition) is 2. The van der Waals surface area contributed by atoms with E-state index >= 15 is 0 Å². The fourth-order valence-electron chi connectivity index (χ4n) is 3.82. The summed E-state index contributed by atoms with van der Waals surface area (Å²) in [6.45, 7) is 14.8. The van der Waals surface area contributed by atoms with Crippen LogP contribution in [0.2, 0.25) is 0 Å². The van der Waals surface area contributed by atoms with Crippen LogP contribution in [0.25, 0.3) is 0 Å². The highest BCUT2D eigenvalue weighted by Gasteiger charge is 2.31. The molecule has 2 heteroatoms. The Morgan fingerprint density at radius 1 is 1.15 bits per heavy atom. The number of piperidine rings is 1. The molecular weight excluding hydrogens is 244 g/mol. The number of nitrogens with one attached hydrogen (secondary N) is 1. The lowest BCUT2D eigenvalue weighted by molar-refractivity contribution is 0.0989. The van der Waals surface area contributed by atoms with Crippen molar-refractivity contribution in [3.8, 4) is 0 Å². The Balaban J connectivity index is 1.78. The van der Waals surface area contributed by atoms with E-state index in [9.17, 15) is 0 Å². The zero-order chi connectivity index (χ0) is 14.6. The average molecular weight is 280 g/mol. The standard InChI is InChI=1S/C18H36N2/c1-5-10-18(4,13-19-17-6-7-17)14-20-11-8-16(9-12-20)15(2)3/h15-17,19H,5-14H2,1-4H3. The van der Waals surface area contributed by atoms with E-state index in [0.717, 1.165) is 17.9 Å². The minimum Gasteiger partial charge on any atom is -0.313 e. The molecule has 0 spiro atoms. The molecule has 1 saturated heterocycles. The van der Waals surface area contributed by atoms with Gasteiger partial charge < -0.3 is 10.2 Å². The van der Waals surface area contributed by atoms with Crippen LogP contribution < -0.4 is 5.32 Å². The topological polar surface area (TPSA) is 15.3 Å². The lowest BCUT2D eigenvalue weighted by Gasteiger charge is -2.40. The van der Waals surface area contributed by atoms with Gasteiger partial charge in [0.25, 0.3) is 0 Å². The largest absolute Gasteiger partial charge is 0.313 e. The van der Waals surface area contributed by atoms with Crippen molar-refractivity contribution in [2.75, 3.05) is 26.2 Å². The van der Waals surface area contributed by atoms with Gasteiger partial charge in [0, 0.05) is 19.1 Å². The van der Waals surface area contributed by atoms with Crippen LogP contribution in [0.15, 0.2) is 0 Å². The van der Waals surface area contributed by atoms with E-state index in [1.165, 1.54) is 64.7 Å². The molecule has 0 aromatic carbocycles. The van der Waals surface area contributed by atoms with Gasteiger partial charge in [0.05, 0.1) is 0 Å². The third-order valence-corrected chi connectivity index (χ3v) is 5.43. The Kier molecular flexibility index (Phi) is 5.92. The van der Waals surface area contributed by atoms with Gasteiger partial charge in [-0.25, -0.2) is 0 Å². The van der Waals surface area contributed by atoms with Gasteiger partial charge in [-0.2, -0.15) is 0 Å². The van der Waals surface area contributed by atoms with Crippen LogP contribution in [-0.4, -0.2) is 37.1 Å². The molecule has 1 heterocycles. The summed E-state index contributed by atoms with van der Waals surface area (Å²) in [5, 5.41) is 3.77. The summed E-state index contributed by atoms with van der Waals surface area (Å²) >= 11 is 0. The van der Waals surface area contributed by atoms with Crippen molar-refractivity contribution in [1.29, 1.82) is 0 Å². The lowest BCUT2D eigenvalue weighted by atomic mass is 9.82. The molecule has 1 N–H and O–H groups in total.